The molecule has 1 amide bonds. The summed E-state index contributed by atoms with van der Waals surface area (Å²) >= 11 is 0. The zero-order chi connectivity index (χ0) is 18.0. The number of carbonyl (C=O) groups is 1. The van der Waals surface area contributed by atoms with Crippen molar-refractivity contribution in [3.05, 3.63) is 48.3 Å². The van der Waals surface area contributed by atoms with Crippen molar-refractivity contribution >= 4 is 34.3 Å². The molecule has 7 heteroatoms. The number of hydrogen-bond donors (Lipinski definition) is 1. The van der Waals surface area contributed by atoms with Crippen LogP contribution in [0.5, 0.6) is 0 Å². The van der Waals surface area contributed by atoms with Gasteiger partial charge in [-0.3, -0.25) is 4.79 Å². The first-order valence-electron chi connectivity index (χ1n) is 7.83. The van der Waals surface area contributed by atoms with Crippen molar-refractivity contribution in [1.82, 2.24) is 15.0 Å². The fraction of sp³-hybridized carbons (Fsp3) is 0.222. The molecule has 3 rings (SSSR count). The lowest BCUT2D eigenvalue weighted by Gasteiger charge is -2.15. The molecule has 0 radical (unpaired) electrons. The average Bonchev–Trinajstić information content (AvgIpc) is 2.61. The predicted octanol–water partition coefficient (Wildman–Crippen LogP) is 2.41. The van der Waals surface area contributed by atoms with Crippen LogP contribution in [0.3, 0.4) is 0 Å². The number of nitrogens with one attached hydrogen (secondary N) is 1. The minimum Gasteiger partial charge on any atom is -0.363 e. The Morgan fingerprint density at radius 1 is 1.00 bits per heavy atom. The highest BCUT2D eigenvalue weighted by molar-refractivity contribution is 6.12. The smallest absolute Gasteiger partial charge is 0.256 e. The van der Waals surface area contributed by atoms with E-state index in [2.05, 4.69) is 20.3 Å². The molecule has 0 saturated carbocycles. The third-order valence-electron chi connectivity index (χ3n) is 3.70. The maximum Gasteiger partial charge on any atom is 0.256 e. The molecule has 2 aromatic heterocycles. The Morgan fingerprint density at radius 3 is 2.32 bits per heavy atom. The second kappa shape index (κ2) is 6.72. The number of aromatic nitrogens is 3. The summed E-state index contributed by atoms with van der Waals surface area (Å²) < 4.78 is 0. The van der Waals surface area contributed by atoms with Crippen LogP contribution >= 0.6 is 0 Å². The van der Waals surface area contributed by atoms with E-state index < -0.39 is 0 Å². The zero-order valence-corrected chi connectivity index (χ0v) is 14.7. The summed E-state index contributed by atoms with van der Waals surface area (Å²) in [6.45, 7) is 0. The van der Waals surface area contributed by atoms with E-state index in [1.54, 1.807) is 23.4 Å². The van der Waals surface area contributed by atoms with Crippen molar-refractivity contribution in [2.24, 2.45) is 0 Å². The molecule has 0 atom stereocenters. The quantitative estimate of drug-likeness (QED) is 0.789. The van der Waals surface area contributed by atoms with Gasteiger partial charge in [-0.2, -0.15) is 0 Å². The molecule has 0 aliphatic rings. The summed E-state index contributed by atoms with van der Waals surface area (Å²) in [5, 5.41) is 3.66. The molecule has 0 aliphatic heterocycles. The Morgan fingerprint density at radius 2 is 1.68 bits per heavy atom. The number of para-hydroxylation sites is 1. The molecule has 0 fully saturated rings. The highest BCUT2D eigenvalue weighted by Crippen LogP contribution is 2.23. The molecule has 25 heavy (non-hydrogen) atoms. The monoisotopic (exact) mass is 336 g/mol. The Bertz CT molecular complexity index is 905. The molecule has 1 aromatic carbocycles. The number of hydrogen-bond acceptors (Lipinski definition) is 6. The molecule has 2 heterocycles. The van der Waals surface area contributed by atoms with E-state index in [0.717, 1.165) is 16.7 Å². The van der Waals surface area contributed by atoms with Crippen LogP contribution < -0.4 is 15.1 Å². The normalized spacial score (nSPS) is 10.6. The Kier molecular flexibility index (Phi) is 4.47. The third-order valence-corrected chi connectivity index (χ3v) is 3.70. The predicted molar refractivity (Wildman–Crippen MR) is 100 cm³/mol. The SMILES string of the molecule is CN(C)c1cc(C(=O)Nc2cnc(N(C)C)nc2)c2ccccc2n1. The number of rotatable bonds is 4. The van der Waals surface area contributed by atoms with Crippen LogP contribution in [0.2, 0.25) is 0 Å². The van der Waals surface area contributed by atoms with Crippen LogP contribution in [0.4, 0.5) is 17.5 Å². The molecule has 0 unspecified atom stereocenters. The fourth-order valence-electron chi connectivity index (χ4n) is 2.39. The number of benzene rings is 1. The van der Waals surface area contributed by atoms with E-state index in [9.17, 15) is 4.79 Å². The van der Waals surface area contributed by atoms with Crippen LogP contribution in [0.15, 0.2) is 42.7 Å². The Hall–Kier alpha value is -3.22. The second-order valence-electron chi connectivity index (χ2n) is 6.06. The summed E-state index contributed by atoms with van der Waals surface area (Å²) in [4.78, 5) is 29.5. The topological polar surface area (TPSA) is 74.2 Å². The molecule has 7 nitrogen and oxygen atoms in total. The van der Waals surface area contributed by atoms with Gasteiger partial charge in [-0.25, -0.2) is 15.0 Å². The lowest BCUT2D eigenvalue weighted by Crippen LogP contribution is -2.17. The third kappa shape index (κ3) is 3.50. The van der Waals surface area contributed by atoms with Crippen molar-refractivity contribution in [3.63, 3.8) is 0 Å². The summed E-state index contributed by atoms with van der Waals surface area (Å²) in [5.74, 6) is 1.09. The van der Waals surface area contributed by atoms with E-state index in [0.29, 0.717) is 17.2 Å². The van der Waals surface area contributed by atoms with Crippen molar-refractivity contribution in [2.45, 2.75) is 0 Å². The van der Waals surface area contributed by atoms with Gasteiger partial charge >= 0.3 is 0 Å². The molecular formula is C18H20N6O. The van der Waals surface area contributed by atoms with E-state index >= 15 is 0 Å². The largest absolute Gasteiger partial charge is 0.363 e. The highest BCUT2D eigenvalue weighted by atomic mass is 16.1. The van der Waals surface area contributed by atoms with Crippen LogP contribution in [0.1, 0.15) is 10.4 Å². The van der Waals surface area contributed by atoms with Gasteiger partial charge in [-0.05, 0) is 12.1 Å². The van der Waals surface area contributed by atoms with Gasteiger partial charge in [0, 0.05) is 33.6 Å². The van der Waals surface area contributed by atoms with Gasteiger partial charge < -0.3 is 15.1 Å². The number of amides is 1. The lowest BCUT2D eigenvalue weighted by molar-refractivity contribution is 0.102. The van der Waals surface area contributed by atoms with Gasteiger partial charge in [0.2, 0.25) is 5.95 Å². The summed E-state index contributed by atoms with van der Waals surface area (Å²) in [7, 11) is 7.51. The van der Waals surface area contributed by atoms with Gasteiger partial charge in [0.15, 0.2) is 0 Å². The summed E-state index contributed by atoms with van der Waals surface area (Å²) in [6, 6.07) is 9.37. The number of nitrogens with zero attached hydrogens (tertiary/aromatic N) is 5. The van der Waals surface area contributed by atoms with Crippen molar-refractivity contribution in [1.29, 1.82) is 0 Å². The second-order valence-corrected chi connectivity index (χ2v) is 6.06. The van der Waals surface area contributed by atoms with E-state index in [4.69, 9.17) is 0 Å². The lowest BCUT2D eigenvalue weighted by atomic mass is 10.1. The van der Waals surface area contributed by atoms with E-state index in [-0.39, 0.29) is 5.91 Å². The minimum absolute atomic E-state index is 0.220. The molecule has 3 aromatic rings. The highest BCUT2D eigenvalue weighted by Gasteiger charge is 2.14. The van der Waals surface area contributed by atoms with Crippen LogP contribution in [0, 0.1) is 0 Å². The van der Waals surface area contributed by atoms with E-state index in [1.807, 2.05) is 57.4 Å². The van der Waals surface area contributed by atoms with Gasteiger partial charge in [-0.15, -0.1) is 0 Å². The fourth-order valence-corrected chi connectivity index (χ4v) is 2.39. The molecule has 0 bridgehead atoms. The number of carbonyl (C=O) groups excluding carboxylic acids is 1. The maximum absolute atomic E-state index is 12.8. The van der Waals surface area contributed by atoms with Gasteiger partial charge in [-0.1, -0.05) is 18.2 Å². The number of pyridine rings is 1. The van der Waals surface area contributed by atoms with Crippen LogP contribution in [-0.2, 0) is 0 Å². The Balaban J connectivity index is 1.96. The molecule has 1 N–H and O–H groups in total. The van der Waals surface area contributed by atoms with E-state index in [1.165, 1.54) is 0 Å². The minimum atomic E-state index is -0.220. The summed E-state index contributed by atoms with van der Waals surface area (Å²) in [6.07, 6.45) is 3.19. The van der Waals surface area contributed by atoms with Crippen molar-refractivity contribution in [3.8, 4) is 0 Å². The van der Waals surface area contributed by atoms with Crippen LogP contribution in [0.25, 0.3) is 10.9 Å². The first-order valence-corrected chi connectivity index (χ1v) is 7.83. The standard InChI is InChI=1S/C18H20N6O/c1-23(2)16-9-14(13-7-5-6-8-15(13)22-16)17(25)21-12-10-19-18(20-11-12)24(3)4/h5-11H,1-4H3,(H,21,25). The van der Waals surface area contributed by atoms with Gasteiger partial charge in [0.05, 0.1) is 29.2 Å². The molecule has 0 aliphatic carbocycles. The first-order chi connectivity index (χ1) is 12.0. The molecule has 0 saturated heterocycles. The van der Waals surface area contributed by atoms with Gasteiger partial charge in [0.25, 0.3) is 5.91 Å². The van der Waals surface area contributed by atoms with Crippen LogP contribution in [-0.4, -0.2) is 49.0 Å². The zero-order valence-electron chi connectivity index (χ0n) is 14.7. The van der Waals surface area contributed by atoms with Crippen molar-refractivity contribution < 1.29 is 4.79 Å². The van der Waals surface area contributed by atoms with Crippen molar-refractivity contribution in [2.75, 3.05) is 43.3 Å². The first kappa shape index (κ1) is 16.6. The summed E-state index contributed by atoms with van der Waals surface area (Å²) in [5.41, 5.74) is 1.88. The van der Waals surface area contributed by atoms with Gasteiger partial charge in [0.1, 0.15) is 5.82 Å². The maximum atomic E-state index is 12.8. The average molecular weight is 336 g/mol. The number of fused-ring (bicyclic) bond motifs is 1. The molecule has 0 spiro atoms. The number of anilines is 3. The molecular weight excluding hydrogens is 316 g/mol. The molecule has 128 valence electrons. The Labute approximate surface area is 146 Å².